The zero-order valence-corrected chi connectivity index (χ0v) is 13.1. The van der Waals surface area contributed by atoms with Crippen LogP contribution < -0.4 is 10.6 Å². The Balaban J connectivity index is 1.91. The Labute approximate surface area is 130 Å². The fraction of sp³-hybridized carbons (Fsp3) is 0.529. The molecule has 0 spiro atoms. The standard InChI is InChI=1S/C17H23FN2O2/c1-11-8-9-14(18)10-15(11)20-16(21)12(2)19-17(22)13-6-4-3-5-7-13/h8-10,12-13H,3-7H2,1-2H3,(H,19,22)(H,20,21). The Kier molecular flexibility index (Phi) is 5.52. The third-order valence-corrected chi connectivity index (χ3v) is 4.19. The van der Waals surface area contributed by atoms with Gasteiger partial charge in [0, 0.05) is 11.6 Å². The lowest BCUT2D eigenvalue weighted by atomic mass is 9.88. The fourth-order valence-electron chi connectivity index (χ4n) is 2.73. The van der Waals surface area contributed by atoms with Gasteiger partial charge in [0.1, 0.15) is 11.9 Å². The Hall–Kier alpha value is -1.91. The summed E-state index contributed by atoms with van der Waals surface area (Å²) in [6.45, 7) is 3.44. The van der Waals surface area contributed by atoms with Gasteiger partial charge in [-0.25, -0.2) is 4.39 Å². The van der Waals surface area contributed by atoms with Gasteiger partial charge in [-0.3, -0.25) is 9.59 Å². The normalized spacial score (nSPS) is 16.9. The molecule has 1 unspecified atom stereocenters. The van der Waals surface area contributed by atoms with E-state index in [4.69, 9.17) is 0 Å². The van der Waals surface area contributed by atoms with Crippen molar-refractivity contribution in [1.29, 1.82) is 0 Å². The van der Waals surface area contributed by atoms with Gasteiger partial charge >= 0.3 is 0 Å². The van der Waals surface area contributed by atoms with Crippen molar-refractivity contribution in [2.24, 2.45) is 5.92 Å². The second-order valence-corrected chi connectivity index (χ2v) is 6.01. The molecule has 1 aliphatic carbocycles. The number of carbonyl (C=O) groups excluding carboxylic acids is 2. The molecule has 0 radical (unpaired) electrons. The molecule has 22 heavy (non-hydrogen) atoms. The summed E-state index contributed by atoms with van der Waals surface area (Å²) in [7, 11) is 0. The molecule has 2 rings (SSSR count). The predicted octanol–water partition coefficient (Wildman–Crippen LogP) is 3.16. The monoisotopic (exact) mass is 306 g/mol. The first-order valence-corrected chi connectivity index (χ1v) is 7.85. The molecule has 2 N–H and O–H groups in total. The number of anilines is 1. The van der Waals surface area contributed by atoms with Gasteiger partial charge in [-0.2, -0.15) is 0 Å². The van der Waals surface area contributed by atoms with Gasteiger partial charge in [0.2, 0.25) is 11.8 Å². The molecular weight excluding hydrogens is 283 g/mol. The maximum atomic E-state index is 13.2. The number of hydrogen-bond donors (Lipinski definition) is 2. The average Bonchev–Trinajstić information content (AvgIpc) is 2.51. The van der Waals surface area contributed by atoms with Crippen LogP contribution in [0.5, 0.6) is 0 Å². The van der Waals surface area contributed by atoms with Gasteiger partial charge in [-0.15, -0.1) is 0 Å². The predicted molar refractivity (Wildman–Crippen MR) is 83.9 cm³/mol. The van der Waals surface area contributed by atoms with Gasteiger partial charge in [0.15, 0.2) is 0 Å². The van der Waals surface area contributed by atoms with Crippen LogP contribution in [0.2, 0.25) is 0 Å². The van der Waals surface area contributed by atoms with Gasteiger partial charge in [0.25, 0.3) is 0 Å². The van der Waals surface area contributed by atoms with Crippen molar-refractivity contribution in [3.05, 3.63) is 29.6 Å². The SMILES string of the molecule is Cc1ccc(F)cc1NC(=O)C(C)NC(=O)C1CCCCC1. The minimum Gasteiger partial charge on any atom is -0.344 e. The lowest BCUT2D eigenvalue weighted by molar-refractivity contribution is -0.129. The first-order valence-electron chi connectivity index (χ1n) is 7.85. The Morgan fingerprint density at radius 1 is 1.23 bits per heavy atom. The molecule has 0 bridgehead atoms. The van der Waals surface area contributed by atoms with Crippen molar-refractivity contribution in [3.63, 3.8) is 0 Å². The number of hydrogen-bond acceptors (Lipinski definition) is 2. The van der Waals surface area contributed by atoms with Crippen LogP contribution in [-0.4, -0.2) is 17.9 Å². The zero-order chi connectivity index (χ0) is 16.1. The van der Waals surface area contributed by atoms with Crippen molar-refractivity contribution < 1.29 is 14.0 Å². The van der Waals surface area contributed by atoms with E-state index in [2.05, 4.69) is 10.6 Å². The molecule has 120 valence electrons. The number of amides is 2. The third kappa shape index (κ3) is 4.29. The first kappa shape index (κ1) is 16.5. The van der Waals surface area contributed by atoms with Crippen LogP contribution in [0.25, 0.3) is 0 Å². The Morgan fingerprint density at radius 3 is 2.59 bits per heavy atom. The van der Waals surface area contributed by atoms with Crippen molar-refractivity contribution in [2.45, 2.75) is 52.0 Å². The zero-order valence-electron chi connectivity index (χ0n) is 13.1. The van der Waals surface area contributed by atoms with E-state index in [0.717, 1.165) is 31.2 Å². The highest BCUT2D eigenvalue weighted by Crippen LogP contribution is 2.23. The molecule has 1 aliphatic rings. The molecule has 1 aromatic carbocycles. The van der Waals surface area contributed by atoms with Crippen LogP contribution >= 0.6 is 0 Å². The van der Waals surface area contributed by atoms with Gasteiger partial charge < -0.3 is 10.6 Å². The quantitative estimate of drug-likeness (QED) is 0.897. The van der Waals surface area contributed by atoms with E-state index in [9.17, 15) is 14.0 Å². The first-order chi connectivity index (χ1) is 10.5. The lowest BCUT2D eigenvalue weighted by Gasteiger charge is -2.23. The van der Waals surface area contributed by atoms with Crippen LogP contribution in [0.3, 0.4) is 0 Å². The highest BCUT2D eigenvalue weighted by atomic mass is 19.1. The number of aryl methyl sites for hydroxylation is 1. The second-order valence-electron chi connectivity index (χ2n) is 6.01. The molecular formula is C17H23FN2O2. The molecule has 4 nitrogen and oxygen atoms in total. The molecule has 2 amide bonds. The number of nitrogens with one attached hydrogen (secondary N) is 2. The summed E-state index contributed by atoms with van der Waals surface area (Å²) < 4.78 is 13.2. The fourth-order valence-corrected chi connectivity index (χ4v) is 2.73. The Morgan fingerprint density at radius 2 is 1.91 bits per heavy atom. The van der Waals surface area contributed by atoms with Crippen molar-refractivity contribution >= 4 is 17.5 Å². The summed E-state index contributed by atoms with van der Waals surface area (Å²) in [6.07, 6.45) is 5.10. The highest BCUT2D eigenvalue weighted by Gasteiger charge is 2.24. The van der Waals surface area contributed by atoms with Crippen LogP contribution in [0.1, 0.15) is 44.6 Å². The van der Waals surface area contributed by atoms with Gasteiger partial charge in [0.05, 0.1) is 0 Å². The van der Waals surface area contributed by atoms with Gasteiger partial charge in [-0.1, -0.05) is 25.3 Å². The van der Waals surface area contributed by atoms with E-state index in [-0.39, 0.29) is 17.7 Å². The van der Waals surface area contributed by atoms with Crippen LogP contribution in [-0.2, 0) is 9.59 Å². The van der Waals surface area contributed by atoms with E-state index in [1.165, 1.54) is 18.6 Å². The summed E-state index contributed by atoms with van der Waals surface area (Å²) in [5.41, 5.74) is 1.21. The summed E-state index contributed by atoms with van der Waals surface area (Å²) in [5, 5.41) is 5.42. The molecule has 1 aromatic rings. The van der Waals surface area contributed by atoms with Crippen LogP contribution in [0.15, 0.2) is 18.2 Å². The molecule has 0 aliphatic heterocycles. The van der Waals surface area contributed by atoms with Crippen LogP contribution in [0, 0.1) is 18.7 Å². The maximum Gasteiger partial charge on any atom is 0.246 e. The molecule has 1 saturated carbocycles. The minimum atomic E-state index is -0.642. The summed E-state index contributed by atoms with van der Waals surface area (Å²) in [5.74, 6) is -0.782. The summed E-state index contributed by atoms with van der Waals surface area (Å²) >= 11 is 0. The van der Waals surface area contributed by atoms with E-state index in [1.54, 1.807) is 19.9 Å². The van der Waals surface area contributed by atoms with E-state index in [1.807, 2.05) is 0 Å². The number of halogens is 1. The van der Waals surface area contributed by atoms with E-state index < -0.39 is 11.9 Å². The average molecular weight is 306 g/mol. The lowest BCUT2D eigenvalue weighted by Crippen LogP contribution is -2.44. The van der Waals surface area contributed by atoms with E-state index >= 15 is 0 Å². The van der Waals surface area contributed by atoms with E-state index in [0.29, 0.717) is 5.69 Å². The smallest absolute Gasteiger partial charge is 0.246 e. The van der Waals surface area contributed by atoms with Crippen molar-refractivity contribution in [3.8, 4) is 0 Å². The minimum absolute atomic E-state index is 0.0138. The summed E-state index contributed by atoms with van der Waals surface area (Å²) in [4.78, 5) is 24.3. The highest BCUT2D eigenvalue weighted by molar-refractivity contribution is 5.97. The van der Waals surface area contributed by atoms with Crippen LogP contribution in [0.4, 0.5) is 10.1 Å². The maximum absolute atomic E-state index is 13.2. The second kappa shape index (κ2) is 7.38. The number of carbonyl (C=O) groups is 2. The molecule has 5 heteroatoms. The molecule has 0 saturated heterocycles. The topological polar surface area (TPSA) is 58.2 Å². The number of benzene rings is 1. The number of rotatable bonds is 4. The molecule has 0 heterocycles. The van der Waals surface area contributed by atoms with Crippen molar-refractivity contribution in [1.82, 2.24) is 5.32 Å². The van der Waals surface area contributed by atoms with Crippen molar-refractivity contribution in [2.75, 3.05) is 5.32 Å². The Bertz CT molecular complexity index is 554. The third-order valence-electron chi connectivity index (χ3n) is 4.19. The summed E-state index contributed by atoms with van der Waals surface area (Å²) in [6, 6.07) is 3.59. The molecule has 0 aromatic heterocycles. The molecule has 1 atom stereocenters. The van der Waals surface area contributed by atoms with Gasteiger partial charge in [-0.05, 0) is 44.4 Å². The largest absolute Gasteiger partial charge is 0.344 e. The molecule has 1 fully saturated rings.